The van der Waals surface area contributed by atoms with Crippen molar-refractivity contribution in [1.82, 2.24) is 15.4 Å². The highest BCUT2D eigenvalue weighted by molar-refractivity contribution is 7.90. The highest BCUT2D eigenvalue weighted by atomic mass is 32.2. The molecule has 6 nitrogen and oxygen atoms in total. The van der Waals surface area contributed by atoms with E-state index in [1.807, 2.05) is 0 Å². The van der Waals surface area contributed by atoms with Gasteiger partial charge in [0.05, 0.1) is 10.9 Å². The third kappa shape index (κ3) is 3.14. The Morgan fingerprint density at radius 3 is 2.16 bits per heavy atom. The van der Waals surface area contributed by atoms with Crippen LogP contribution in [0.2, 0.25) is 0 Å². The SMILES string of the molecule is CS(=O)(=O)c1ccc(C(NN)c2cncnc2)cc1. The molecule has 2 aromatic rings. The van der Waals surface area contributed by atoms with Crippen molar-refractivity contribution in [3.8, 4) is 0 Å². The number of hydrogen-bond acceptors (Lipinski definition) is 6. The average Bonchev–Trinajstić information content (AvgIpc) is 2.40. The number of hydrogen-bond donors (Lipinski definition) is 2. The lowest BCUT2D eigenvalue weighted by atomic mass is 10.0. The van der Waals surface area contributed by atoms with E-state index in [9.17, 15) is 8.42 Å². The van der Waals surface area contributed by atoms with Crippen LogP contribution in [0.1, 0.15) is 17.2 Å². The van der Waals surface area contributed by atoms with E-state index in [-0.39, 0.29) is 10.9 Å². The Labute approximate surface area is 111 Å². The molecule has 0 fully saturated rings. The highest BCUT2D eigenvalue weighted by Crippen LogP contribution is 2.21. The lowest BCUT2D eigenvalue weighted by Crippen LogP contribution is -2.29. The number of sulfone groups is 1. The number of nitrogens with one attached hydrogen (secondary N) is 1. The van der Waals surface area contributed by atoms with Gasteiger partial charge in [-0.05, 0) is 17.7 Å². The lowest BCUT2D eigenvalue weighted by molar-refractivity contribution is 0.601. The summed E-state index contributed by atoms with van der Waals surface area (Å²) in [5.41, 5.74) is 4.30. The Kier molecular flexibility index (Phi) is 3.89. The number of rotatable bonds is 4. The first-order chi connectivity index (χ1) is 9.02. The fourth-order valence-electron chi connectivity index (χ4n) is 1.75. The molecule has 0 saturated carbocycles. The van der Waals surface area contributed by atoms with Gasteiger partial charge in [-0.25, -0.2) is 23.8 Å². The number of benzene rings is 1. The maximum atomic E-state index is 11.4. The minimum absolute atomic E-state index is 0.274. The lowest BCUT2D eigenvalue weighted by Gasteiger charge is -2.16. The van der Waals surface area contributed by atoms with Crippen LogP contribution in [-0.2, 0) is 9.84 Å². The van der Waals surface area contributed by atoms with E-state index in [2.05, 4.69) is 15.4 Å². The molecule has 1 aromatic heterocycles. The van der Waals surface area contributed by atoms with Crippen molar-refractivity contribution in [3.63, 3.8) is 0 Å². The van der Waals surface area contributed by atoms with Gasteiger partial charge in [0, 0.05) is 24.2 Å². The third-order valence-electron chi connectivity index (χ3n) is 2.72. The van der Waals surface area contributed by atoms with Gasteiger partial charge >= 0.3 is 0 Å². The van der Waals surface area contributed by atoms with E-state index in [4.69, 9.17) is 5.84 Å². The summed E-state index contributed by atoms with van der Waals surface area (Å²) in [5.74, 6) is 5.54. The van der Waals surface area contributed by atoms with Crippen LogP contribution in [0.15, 0.2) is 47.9 Å². The molecule has 0 aliphatic carbocycles. The van der Waals surface area contributed by atoms with Crippen LogP contribution in [0.5, 0.6) is 0 Å². The molecule has 0 aliphatic rings. The predicted molar refractivity (Wildman–Crippen MR) is 70.7 cm³/mol. The van der Waals surface area contributed by atoms with Gasteiger partial charge in [0.1, 0.15) is 6.33 Å². The Morgan fingerprint density at radius 2 is 1.68 bits per heavy atom. The molecule has 3 N–H and O–H groups in total. The first-order valence-corrected chi connectivity index (χ1v) is 7.42. The van der Waals surface area contributed by atoms with Crippen LogP contribution in [-0.4, -0.2) is 24.6 Å². The second kappa shape index (κ2) is 5.43. The van der Waals surface area contributed by atoms with Gasteiger partial charge in [-0.1, -0.05) is 12.1 Å². The molecule has 7 heteroatoms. The summed E-state index contributed by atoms with van der Waals surface area (Å²) in [6, 6.07) is 6.26. The van der Waals surface area contributed by atoms with Crippen molar-refractivity contribution in [1.29, 1.82) is 0 Å². The summed E-state index contributed by atoms with van der Waals surface area (Å²) < 4.78 is 22.8. The molecule has 19 heavy (non-hydrogen) atoms. The van der Waals surface area contributed by atoms with Crippen LogP contribution in [0, 0.1) is 0 Å². The van der Waals surface area contributed by atoms with Crippen LogP contribution < -0.4 is 11.3 Å². The summed E-state index contributed by atoms with van der Waals surface area (Å²) in [5, 5.41) is 0. The zero-order chi connectivity index (χ0) is 13.9. The second-order valence-electron chi connectivity index (χ2n) is 4.11. The van der Waals surface area contributed by atoms with E-state index in [1.54, 1.807) is 36.7 Å². The van der Waals surface area contributed by atoms with Crippen LogP contribution in [0.3, 0.4) is 0 Å². The minimum atomic E-state index is -3.19. The molecule has 1 unspecified atom stereocenters. The standard InChI is InChI=1S/C12H14N4O2S/c1-19(17,18)11-4-2-9(3-5-11)12(16-13)10-6-14-8-15-7-10/h2-8,12,16H,13H2,1H3. The van der Waals surface area contributed by atoms with Gasteiger partial charge in [0.15, 0.2) is 9.84 Å². The maximum absolute atomic E-state index is 11.4. The van der Waals surface area contributed by atoms with E-state index in [0.717, 1.165) is 11.1 Å². The molecular formula is C12H14N4O2S. The highest BCUT2D eigenvalue weighted by Gasteiger charge is 2.14. The Morgan fingerprint density at radius 1 is 1.11 bits per heavy atom. The zero-order valence-electron chi connectivity index (χ0n) is 10.3. The fraction of sp³-hybridized carbons (Fsp3) is 0.167. The summed E-state index contributed by atoms with van der Waals surface area (Å²) in [4.78, 5) is 8.14. The van der Waals surface area contributed by atoms with E-state index in [0.29, 0.717) is 0 Å². The topological polar surface area (TPSA) is 98.0 Å². The van der Waals surface area contributed by atoms with Crippen molar-refractivity contribution in [2.24, 2.45) is 5.84 Å². The van der Waals surface area contributed by atoms with E-state index < -0.39 is 9.84 Å². The Balaban J connectivity index is 2.35. The van der Waals surface area contributed by atoms with E-state index >= 15 is 0 Å². The molecule has 0 spiro atoms. The summed E-state index contributed by atoms with van der Waals surface area (Å²) in [6.45, 7) is 0. The molecule has 0 saturated heterocycles. The van der Waals surface area contributed by atoms with Gasteiger partial charge in [0.25, 0.3) is 0 Å². The number of nitrogens with zero attached hydrogens (tertiary/aromatic N) is 2. The smallest absolute Gasteiger partial charge is 0.175 e. The number of aromatic nitrogens is 2. The molecular weight excluding hydrogens is 264 g/mol. The molecule has 1 heterocycles. The maximum Gasteiger partial charge on any atom is 0.175 e. The zero-order valence-corrected chi connectivity index (χ0v) is 11.1. The quantitative estimate of drug-likeness (QED) is 0.622. The molecule has 0 aliphatic heterocycles. The molecule has 0 amide bonds. The third-order valence-corrected chi connectivity index (χ3v) is 3.85. The van der Waals surface area contributed by atoms with Gasteiger partial charge in [0.2, 0.25) is 0 Å². The first-order valence-electron chi connectivity index (χ1n) is 5.53. The summed E-state index contributed by atoms with van der Waals surface area (Å²) in [7, 11) is -3.19. The van der Waals surface area contributed by atoms with Crippen molar-refractivity contribution in [3.05, 3.63) is 54.1 Å². The molecule has 2 rings (SSSR count). The van der Waals surface area contributed by atoms with Crippen molar-refractivity contribution in [2.75, 3.05) is 6.26 Å². The normalized spacial score (nSPS) is 13.2. The largest absolute Gasteiger partial charge is 0.271 e. The van der Waals surface area contributed by atoms with Gasteiger partial charge in [-0.3, -0.25) is 5.84 Å². The van der Waals surface area contributed by atoms with Crippen LogP contribution >= 0.6 is 0 Å². The Bertz CT molecular complexity index is 641. The summed E-state index contributed by atoms with van der Waals surface area (Å²) >= 11 is 0. The second-order valence-corrected chi connectivity index (χ2v) is 6.13. The van der Waals surface area contributed by atoms with Crippen LogP contribution in [0.4, 0.5) is 0 Å². The molecule has 1 aromatic carbocycles. The van der Waals surface area contributed by atoms with Crippen molar-refractivity contribution in [2.45, 2.75) is 10.9 Å². The number of hydrazine groups is 1. The first kappa shape index (κ1) is 13.6. The molecule has 0 radical (unpaired) electrons. The minimum Gasteiger partial charge on any atom is -0.271 e. The monoisotopic (exact) mass is 278 g/mol. The fourth-order valence-corrected chi connectivity index (χ4v) is 2.38. The molecule has 1 atom stereocenters. The predicted octanol–water partition coefficient (Wildman–Crippen LogP) is 0.433. The van der Waals surface area contributed by atoms with Gasteiger partial charge < -0.3 is 0 Å². The van der Waals surface area contributed by atoms with Gasteiger partial charge in [-0.2, -0.15) is 0 Å². The van der Waals surface area contributed by atoms with Crippen LogP contribution in [0.25, 0.3) is 0 Å². The Hall–Kier alpha value is -1.83. The number of nitrogens with two attached hydrogens (primary N) is 1. The summed E-state index contributed by atoms with van der Waals surface area (Å²) in [6.07, 6.45) is 5.92. The van der Waals surface area contributed by atoms with E-state index in [1.165, 1.54) is 12.6 Å². The molecule has 0 bridgehead atoms. The van der Waals surface area contributed by atoms with Crippen molar-refractivity contribution >= 4 is 9.84 Å². The molecule has 100 valence electrons. The average molecular weight is 278 g/mol. The van der Waals surface area contributed by atoms with Crippen molar-refractivity contribution < 1.29 is 8.42 Å². The van der Waals surface area contributed by atoms with Gasteiger partial charge in [-0.15, -0.1) is 0 Å².